The van der Waals surface area contributed by atoms with Crippen molar-refractivity contribution in [3.63, 3.8) is 0 Å². The molecule has 0 atom stereocenters. The van der Waals surface area contributed by atoms with Crippen molar-refractivity contribution in [2.24, 2.45) is 16.6 Å². The van der Waals surface area contributed by atoms with Crippen molar-refractivity contribution in [2.45, 2.75) is 33.3 Å². The summed E-state index contributed by atoms with van der Waals surface area (Å²) in [4.78, 5) is 4.28. The first-order chi connectivity index (χ1) is 5.87. The topological polar surface area (TPSA) is 58.6 Å². The fourth-order valence-corrected chi connectivity index (χ4v) is 0.811. The van der Waals surface area contributed by atoms with Crippen LogP contribution in [0.5, 0.6) is 0 Å². The first-order valence-corrected chi connectivity index (χ1v) is 4.52. The molecule has 0 amide bonds. The molecule has 0 aliphatic heterocycles. The highest BCUT2D eigenvalue weighted by Crippen LogP contribution is 2.04. The number of nitrogens with two attached hydrogens (primary N) is 1. The average Bonchev–Trinajstić information content (AvgIpc) is 1.95. The van der Waals surface area contributed by atoms with E-state index in [4.69, 9.17) is 5.73 Å². The van der Waals surface area contributed by atoms with E-state index in [1.165, 1.54) is 6.20 Å². The molecule has 0 spiro atoms. The number of aliphatic imine (C=N–C) groups is 1. The Morgan fingerprint density at radius 2 is 2.08 bits per heavy atom. The molecule has 0 aliphatic rings. The second-order valence-electron chi connectivity index (χ2n) is 4.07. The zero-order chi connectivity index (χ0) is 10.5. The Bertz CT molecular complexity index is 199. The maximum Gasteiger partial charge on any atom is 0.0786 e. The summed E-state index contributed by atoms with van der Waals surface area (Å²) in [5.41, 5.74) is 5.46. The Morgan fingerprint density at radius 1 is 1.54 bits per heavy atom. The minimum absolute atomic E-state index is 0.335. The molecule has 0 fully saturated rings. The van der Waals surface area contributed by atoms with Gasteiger partial charge in [0.1, 0.15) is 0 Å². The molecule has 0 unspecified atom stereocenters. The van der Waals surface area contributed by atoms with Crippen LogP contribution < -0.4 is 5.73 Å². The summed E-state index contributed by atoms with van der Waals surface area (Å²) in [6.07, 6.45) is 3.25. The number of aliphatic hydroxyl groups is 1. The van der Waals surface area contributed by atoms with E-state index in [-0.39, 0.29) is 0 Å². The third kappa shape index (κ3) is 6.34. The van der Waals surface area contributed by atoms with Gasteiger partial charge in [0.2, 0.25) is 0 Å². The smallest absolute Gasteiger partial charge is 0.0786 e. The van der Waals surface area contributed by atoms with Crippen molar-refractivity contribution >= 4 is 5.71 Å². The van der Waals surface area contributed by atoms with E-state index in [0.717, 1.165) is 5.71 Å². The Morgan fingerprint density at radius 3 is 2.38 bits per heavy atom. The maximum absolute atomic E-state index is 9.45. The van der Waals surface area contributed by atoms with Crippen molar-refractivity contribution in [1.29, 1.82) is 0 Å². The lowest BCUT2D eigenvalue weighted by Crippen LogP contribution is -2.24. The summed E-state index contributed by atoms with van der Waals surface area (Å²) >= 11 is 0. The molecular formula is C10H20N2O. The van der Waals surface area contributed by atoms with Gasteiger partial charge in [-0.1, -0.05) is 13.8 Å². The predicted octanol–water partition coefficient (Wildman–Crippen LogP) is 1.33. The Balaban J connectivity index is 4.38. The van der Waals surface area contributed by atoms with Gasteiger partial charge in [-0.25, -0.2) is 0 Å². The third-order valence-electron chi connectivity index (χ3n) is 1.51. The fraction of sp³-hybridized carbons (Fsp3) is 0.700. The second-order valence-corrected chi connectivity index (χ2v) is 4.07. The van der Waals surface area contributed by atoms with Gasteiger partial charge in [0.05, 0.1) is 12.1 Å². The molecule has 0 heterocycles. The van der Waals surface area contributed by atoms with Gasteiger partial charge in [-0.3, -0.25) is 4.99 Å². The molecule has 0 aromatic heterocycles. The monoisotopic (exact) mass is 184 g/mol. The molecule has 3 nitrogen and oxygen atoms in total. The molecule has 0 aliphatic carbocycles. The van der Waals surface area contributed by atoms with Crippen LogP contribution in [0.2, 0.25) is 0 Å². The highest BCUT2D eigenvalue weighted by atomic mass is 16.3. The summed E-state index contributed by atoms with van der Waals surface area (Å²) in [5.74, 6) is 0.335. The highest BCUT2D eigenvalue weighted by Gasteiger charge is 2.11. The van der Waals surface area contributed by atoms with E-state index < -0.39 is 5.60 Å². The number of hydrogen-bond donors (Lipinski definition) is 2. The van der Waals surface area contributed by atoms with Crippen LogP contribution in [0.3, 0.4) is 0 Å². The van der Waals surface area contributed by atoms with E-state index in [1.807, 2.05) is 13.8 Å². The van der Waals surface area contributed by atoms with Crippen LogP contribution in [0.15, 0.2) is 17.3 Å². The third-order valence-corrected chi connectivity index (χ3v) is 1.51. The molecule has 0 saturated heterocycles. The molecular weight excluding hydrogens is 164 g/mol. The fourth-order valence-electron chi connectivity index (χ4n) is 0.811. The van der Waals surface area contributed by atoms with Gasteiger partial charge in [0.15, 0.2) is 0 Å². The van der Waals surface area contributed by atoms with Crippen molar-refractivity contribution in [3.8, 4) is 0 Å². The number of nitrogens with zero attached hydrogens (tertiary/aromatic N) is 1. The minimum atomic E-state index is -0.747. The van der Waals surface area contributed by atoms with Crippen LogP contribution in [0.4, 0.5) is 0 Å². The van der Waals surface area contributed by atoms with Crippen LogP contribution in [-0.4, -0.2) is 23.0 Å². The lowest BCUT2D eigenvalue weighted by Gasteiger charge is -2.15. The molecule has 76 valence electrons. The minimum Gasteiger partial charge on any atom is -0.405 e. The molecule has 0 bridgehead atoms. The maximum atomic E-state index is 9.45. The van der Waals surface area contributed by atoms with E-state index in [2.05, 4.69) is 4.99 Å². The quantitative estimate of drug-likeness (QED) is 0.647. The van der Waals surface area contributed by atoms with Gasteiger partial charge in [-0.05, 0) is 32.0 Å². The van der Waals surface area contributed by atoms with Gasteiger partial charge in [0.25, 0.3) is 0 Å². The Labute approximate surface area is 80.4 Å². The average molecular weight is 184 g/mol. The Kier molecular flexibility index (Phi) is 4.70. The lowest BCUT2D eigenvalue weighted by atomic mass is 10.1. The normalized spacial score (nSPS) is 14.5. The first-order valence-electron chi connectivity index (χ1n) is 4.52. The molecule has 3 N–H and O–H groups in total. The summed E-state index contributed by atoms with van der Waals surface area (Å²) in [6.45, 7) is 7.97. The van der Waals surface area contributed by atoms with E-state index in [0.29, 0.717) is 12.5 Å². The van der Waals surface area contributed by atoms with Gasteiger partial charge >= 0.3 is 0 Å². The van der Waals surface area contributed by atoms with Gasteiger partial charge < -0.3 is 10.8 Å². The van der Waals surface area contributed by atoms with Gasteiger partial charge in [-0.2, -0.15) is 0 Å². The number of rotatable bonds is 4. The van der Waals surface area contributed by atoms with Crippen molar-refractivity contribution < 1.29 is 5.11 Å². The molecule has 13 heavy (non-hydrogen) atoms. The summed E-state index contributed by atoms with van der Waals surface area (Å²) in [5, 5.41) is 9.45. The highest BCUT2D eigenvalue weighted by molar-refractivity contribution is 5.96. The van der Waals surface area contributed by atoms with Gasteiger partial charge in [-0.15, -0.1) is 0 Å². The van der Waals surface area contributed by atoms with Crippen molar-refractivity contribution in [1.82, 2.24) is 0 Å². The van der Waals surface area contributed by atoms with Crippen LogP contribution >= 0.6 is 0 Å². The standard InChI is InChI=1S/C10H20N2O/c1-8(2)9(5-6-11)12-7-10(3,4)13/h5-6,8,13H,7,11H2,1-4H3/b6-5-,12-9?. The molecule has 3 heteroatoms. The molecule has 0 aromatic rings. The van der Waals surface area contributed by atoms with E-state index in [9.17, 15) is 5.11 Å². The van der Waals surface area contributed by atoms with Crippen LogP contribution in [-0.2, 0) is 0 Å². The van der Waals surface area contributed by atoms with Gasteiger partial charge in [0, 0.05) is 5.71 Å². The first kappa shape index (κ1) is 12.2. The van der Waals surface area contributed by atoms with Crippen molar-refractivity contribution in [2.75, 3.05) is 6.54 Å². The van der Waals surface area contributed by atoms with Crippen LogP contribution in [0.1, 0.15) is 27.7 Å². The molecule has 0 radical (unpaired) electrons. The molecule has 0 saturated carbocycles. The lowest BCUT2D eigenvalue weighted by molar-refractivity contribution is 0.0904. The largest absolute Gasteiger partial charge is 0.405 e. The zero-order valence-corrected chi connectivity index (χ0v) is 8.91. The summed E-state index contributed by atoms with van der Waals surface area (Å²) in [6, 6.07) is 0. The Hall–Kier alpha value is -0.830. The predicted molar refractivity (Wildman–Crippen MR) is 56.8 cm³/mol. The number of allylic oxidation sites excluding steroid dienone is 1. The summed E-state index contributed by atoms with van der Waals surface area (Å²) < 4.78 is 0. The van der Waals surface area contributed by atoms with E-state index in [1.54, 1.807) is 19.9 Å². The van der Waals surface area contributed by atoms with Crippen LogP contribution in [0.25, 0.3) is 0 Å². The SMILES string of the molecule is CC(C)C(/C=C\N)=NCC(C)(C)O. The van der Waals surface area contributed by atoms with Crippen LogP contribution in [0, 0.1) is 5.92 Å². The zero-order valence-electron chi connectivity index (χ0n) is 8.91. The molecule has 0 rings (SSSR count). The van der Waals surface area contributed by atoms with Crippen molar-refractivity contribution in [3.05, 3.63) is 12.3 Å². The number of hydrogen-bond acceptors (Lipinski definition) is 3. The second kappa shape index (κ2) is 5.02. The molecule has 0 aromatic carbocycles. The van der Waals surface area contributed by atoms with E-state index >= 15 is 0 Å². The summed E-state index contributed by atoms with van der Waals surface area (Å²) in [7, 11) is 0.